The molecule has 6 nitrogen and oxygen atoms in total. The maximum atomic E-state index is 5.47. The van der Waals surface area contributed by atoms with Gasteiger partial charge in [0, 0.05) is 6.54 Å². The highest BCUT2D eigenvalue weighted by molar-refractivity contribution is 5.66. The summed E-state index contributed by atoms with van der Waals surface area (Å²) in [6, 6.07) is 10.4. The molecule has 0 atom stereocenters. The Balaban J connectivity index is 1.58. The van der Waals surface area contributed by atoms with Crippen molar-refractivity contribution < 1.29 is 4.74 Å². The first-order chi connectivity index (χ1) is 12.2. The molecule has 0 spiro atoms. The van der Waals surface area contributed by atoms with Crippen LogP contribution in [0.3, 0.4) is 0 Å². The second-order valence-corrected chi connectivity index (χ2v) is 6.34. The van der Waals surface area contributed by atoms with Gasteiger partial charge in [0.2, 0.25) is 5.65 Å². The number of hydrogen-bond acceptors (Lipinski definition) is 5. The van der Waals surface area contributed by atoms with Crippen LogP contribution in [0.2, 0.25) is 0 Å². The first-order valence-electron chi connectivity index (χ1n) is 8.84. The summed E-state index contributed by atoms with van der Waals surface area (Å²) in [6.07, 6.45) is 3.70. The minimum Gasteiger partial charge on any atom is -0.494 e. The van der Waals surface area contributed by atoms with E-state index in [2.05, 4.69) is 52.7 Å². The van der Waals surface area contributed by atoms with E-state index in [0.717, 1.165) is 42.2 Å². The van der Waals surface area contributed by atoms with Crippen molar-refractivity contribution in [1.29, 1.82) is 0 Å². The molecule has 0 aliphatic carbocycles. The van der Waals surface area contributed by atoms with E-state index in [1.807, 2.05) is 19.1 Å². The van der Waals surface area contributed by atoms with Crippen molar-refractivity contribution in [3.05, 3.63) is 47.9 Å². The van der Waals surface area contributed by atoms with Gasteiger partial charge < -0.3 is 10.1 Å². The Hall–Kier alpha value is -2.63. The quantitative estimate of drug-likeness (QED) is 0.634. The Bertz CT molecular complexity index is 810. The van der Waals surface area contributed by atoms with Crippen molar-refractivity contribution in [3.8, 4) is 5.75 Å². The zero-order valence-electron chi connectivity index (χ0n) is 15.1. The van der Waals surface area contributed by atoms with Gasteiger partial charge in [-0.15, -0.1) is 10.2 Å². The van der Waals surface area contributed by atoms with Crippen molar-refractivity contribution in [2.45, 2.75) is 39.5 Å². The van der Waals surface area contributed by atoms with Crippen LogP contribution in [-0.4, -0.2) is 33.0 Å². The Morgan fingerprint density at radius 2 is 2.00 bits per heavy atom. The van der Waals surface area contributed by atoms with Gasteiger partial charge in [-0.05, 0) is 49.4 Å². The topological polar surface area (TPSA) is 64.3 Å². The third kappa shape index (κ3) is 4.26. The average molecular weight is 339 g/mol. The lowest BCUT2D eigenvalue weighted by molar-refractivity contribution is 0.340. The molecule has 0 fully saturated rings. The highest BCUT2D eigenvalue weighted by Crippen LogP contribution is 2.20. The summed E-state index contributed by atoms with van der Waals surface area (Å²) in [4.78, 5) is 0. The van der Waals surface area contributed by atoms with Crippen molar-refractivity contribution in [2.24, 2.45) is 0 Å². The van der Waals surface area contributed by atoms with Crippen molar-refractivity contribution in [2.75, 3.05) is 18.5 Å². The molecule has 2 aromatic heterocycles. The predicted octanol–water partition coefficient (Wildman–Crippen LogP) is 3.69. The summed E-state index contributed by atoms with van der Waals surface area (Å²) in [5.74, 6) is 1.28. The van der Waals surface area contributed by atoms with E-state index in [1.165, 1.54) is 5.56 Å². The highest BCUT2D eigenvalue weighted by atomic mass is 16.5. The molecule has 1 N–H and O–H groups in total. The second-order valence-electron chi connectivity index (χ2n) is 6.34. The van der Waals surface area contributed by atoms with Gasteiger partial charge in [-0.3, -0.25) is 0 Å². The molecule has 3 rings (SSSR count). The molecular formula is C19H25N5O. The normalized spacial score (nSPS) is 11.2. The SMILES string of the molecule is CCOc1ccc(CCCNc2cc(C(C)C)nn3cnnc23)cc1. The lowest BCUT2D eigenvalue weighted by Crippen LogP contribution is -2.08. The summed E-state index contributed by atoms with van der Waals surface area (Å²) in [7, 11) is 0. The third-order valence-corrected chi connectivity index (χ3v) is 4.07. The first-order valence-corrected chi connectivity index (χ1v) is 8.84. The predicted molar refractivity (Wildman–Crippen MR) is 99.3 cm³/mol. The molecule has 0 saturated carbocycles. The molecule has 25 heavy (non-hydrogen) atoms. The zero-order chi connectivity index (χ0) is 17.6. The molecule has 0 aliphatic heterocycles. The number of aromatic nitrogens is 4. The van der Waals surface area contributed by atoms with E-state index in [4.69, 9.17) is 4.74 Å². The molecule has 0 aliphatic rings. The fraction of sp³-hybridized carbons (Fsp3) is 0.421. The minimum absolute atomic E-state index is 0.358. The number of hydrogen-bond donors (Lipinski definition) is 1. The van der Waals surface area contributed by atoms with Crippen molar-refractivity contribution in [3.63, 3.8) is 0 Å². The molecule has 0 saturated heterocycles. The van der Waals surface area contributed by atoms with Crippen LogP contribution in [-0.2, 0) is 6.42 Å². The number of nitrogens with one attached hydrogen (secondary N) is 1. The smallest absolute Gasteiger partial charge is 0.200 e. The lowest BCUT2D eigenvalue weighted by Gasteiger charge is -2.11. The molecule has 0 amide bonds. The van der Waals surface area contributed by atoms with Gasteiger partial charge in [0.15, 0.2) is 0 Å². The summed E-state index contributed by atoms with van der Waals surface area (Å²) in [5, 5.41) is 16.1. The number of nitrogens with zero attached hydrogens (tertiary/aromatic N) is 4. The van der Waals surface area contributed by atoms with Crippen LogP contribution in [0.1, 0.15) is 44.4 Å². The van der Waals surface area contributed by atoms with E-state index < -0.39 is 0 Å². The second kappa shape index (κ2) is 7.96. The van der Waals surface area contributed by atoms with E-state index in [-0.39, 0.29) is 0 Å². The van der Waals surface area contributed by atoms with E-state index in [0.29, 0.717) is 12.5 Å². The minimum atomic E-state index is 0.358. The Morgan fingerprint density at radius 3 is 2.72 bits per heavy atom. The molecule has 1 aromatic carbocycles. The fourth-order valence-electron chi connectivity index (χ4n) is 2.69. The van der Waals surface area contributed by atoms with Crippen molar-refractivity contribution >= 4 is 11.3 Å². The highest BCUT2D eigenvalue weighted by Gasteiger charge is 2.10. The molecule has 0 bridgehead atoms. The van der Waals surface area contributed by atoms with Crippen LogP contribution in [0.5, 0.6) is 5.75 Å². The van der Waals surface area contributed by atoms with E-state index in [1.54, 1.807) is 10.8 Å². The van der Waals surface area contributed by atoms with E-state index >= 15 is 0 Å². The zero-order valence-corrected chi connectivity index (χ0v) is 15.1. The summed E-state index contributed by atoms with van der Waals surface area (Å²) in [5.41, 5.74) is 4.10. The maximum Gasteiger partial charge on any atom is 0.200 e. The number of anilines is 1. The van der Waals surface area contributed by atoms with Crippen LogP contribution in [0.4, 0.5) is 5.69 Å². The number of benzene rings is 1. The number of fused-ring (bicyclic) bond motifs is 1. The summed E-state index contributed by atoms with van der Waals surface area (Å²) in [6.45, 7) is 7.83. The monoisotopic (exact) mass is 339 g/mol. The van der Waals surface area contributed by atoms with Gasteiger partial charge in [-0.1, -0.05) is 26.0 Å². The molecule has 6 heteroatoms. The Morgan fingerprint density at radius 1 is 1.20 bits per heavy atom. The molecule has 2 heterocycles. The lowest BCUT2D eigenvalue weighted by atomic mass is 10.1. The fourth-order valence-corrected chi connectivity index (χ4v) is 2.69. The molecule has 0 unspecified atom stereocenters. The molecular weight excluding hydrogens is 314 g/mol. The molecule has 0 radical (unpaired) electrons. The van der Waals surface area contributed by atoms with Crippen LogP contribution in [0.15, 0.2) is 36.7 Å². The standard InChI is InChI=1S/C19H25N5O/c1-4-25-16-9-7-15(8-10-16)6-5-11-20-18-12-17(14(2)3)23-24-13-21-22-19(18)24/h7-10,12-14,20H,4-6,11H2,1-3H3. The summed E-state index contributed by atoms with van der Waals surface area (Å²) >= 11 is 0. The summed E-state index contributed by atoms with van der Waals surface area (Å²) < 4.78 is 7.21. The Kier molecular flexibility index (Phi) is 5.48. The van der Waals surface area contributed by atoms with Gasteiger partial charge >= 0.3 is 0 Å². The number of ether oxygens (including phenoxy) is 1. The average Bonchev–Trinajstić information content (AvgIpc) is 3.09. The third-order valence-electron chi connectivity index (χ3n) is 4.07. The first kappa shape index (κ1) is 17.2. The van der Waals surface area contributed by atoms with Crippen LogP contribution in [0.25, 0.3) is 5.65 Å². The van der Waals surface area contributed by atoms with E-state index in [9.17, 15) is 0 Å². The van der Waals surface area contributed by atoms with Crippen LogP contribution in [0, 0.1) is 0 Å². The molecule has 132 valence electrons. The van der Waals surface area contributed by atoms with Gasteiger partial charge in [0.05, 0.1) is 18.0 Å². The van der Waals surface area contributed by atoms with Crippen LogP contribution >= 0.6 is 0 Å². The number of rotatable bonds is 8. The van der Waals surface area contributed by atoms with Gasteiger partial charge in [0.25, 0.3) is 0 Å². The Labute approximate surface area is 148 Å². The van der Waals surface area contributed by atoms with Gasteiger partial charge in [0.1, 0.15) is 12.1 Å². The molecule has 3 aromatic rings. The van der Waals surface area contributed by atoms with Gasteiger partial charge in [-0.2, -0.15) is 9.61 Å². The largest absolute Gasteiger partial charge is 0.494 e. The van der Waals surface area contributed by atoms with Gasteiger partial charge in [-0.25, -0.2) is 0 Å². The number of aryl methyl sites for hydroxylation is 1. The van der Waals surface area contributed by atoms with Crippen LogP contribution < -0.4 is 10.1 Å². The maximum absolute atomic E-state index is 5.47. The van der Waals surface area contributed by atoms with Crippen molar-refractivity contribution in [1.82, 2.24) is 19.8 Å².